The molecule has 0 radical (unpaired) electrons. The van der Waals surface area contributed by atoms with E-state index in [1.807, 2.05) is 45.0 Å². The fourth-order valence-corrected chi connectivity index (χ4v) is 1.48. The number of benzene rings is 1. The molecule has 0 aliphatic rings. The average Bonchev–Trinajstić information content (AvgIpc) is 2.27. The average molecular weight is 237 g/mol. The van der Waals surface area contributed by atoms with Crippen molar-refractivity contribution >= 4 is 0 Å². The van der Waals surface area contributed by atoms with Gasteiger partial charge in [0.2, 0.25) is 0 Å². The zero-order chi connectivity index (χ0) is 12.9. The Balaban J connectivity index is 2.42. The highest BCUT2D eigenvalue weighted by Crippen LogP contribution is 2.13. The van der Waals surface area contributed by atoms with E-state index >= 15 is 0 Å². The van der Waals surface area contributed by atoms with Gasteiger partial charge < -0.3 is 15.2 Å². The Bertz CT molecular complexity index is 327. The monoisotopic (exact) mass is 237 g/mol. The molecule has 3 heteroatoms. The van der Waals surface area contributed by atoms with E-state index in [2.05, 4.69) is 0 Å². The molecule has 2 N–H and O–H groups in total. The van der Waals surface area contributed by atoms with Gasteiger partial charge in [-0.2, -0.15) is 0 Å². The molecule has 0 saturated heterocycles. The van der Waals surface area contributed by atoms with E-state index in [9.17, 15) is 0 Å². The molecule has 0 heterocycles. The van der Waals surface area contributed by atoms with Crippen molar-refractivity contribution in [2.75, 3.05) is 13.7 Å². The Morgan fingerprint density at radius 1 is 1.18 bits per heavy atom. The first-order valence-electron chi connectivity index (χ1n) is 5.93. The largest absolute Gasteiger partial charge is 0.497 e. The van der Waals surface area contributed by atoms with Crippen LogP contribution in [0.4, 0.5) is 0 Å². The molecule has 0 spiro atoms. The molecule has 1 unspecified atom stereocenters. The second-order valence-corrected chi connectivity index (χ2v) is 5.24. The molecule has 1 atom stereocenters. The van der Waals surface area contributed by atoms with E-state index < -0.39 is 0 Å². The van der Waals surface area contributed by atoms with Crippen molar-refractivity contribution in [3.05, 3.63) is 29.8 Å². The van der Waals surface area contributed by atoms with Crippen LogP contribution in [0.2, 0.25) is 0 Å². The van der Waals surface area contributed by atoms with E-state index in [1.54, 1.807) is 7.11 Å². The zero-order valence-electron chi connectivity index (χ0n) is 11.2. The van der Waals surface area contributed by atoms with Crippen molar-refractivity contribution in [1.29, 1.82) is 0 Å². The van der Waals surface area contributed by atoms with Gasteiger partial charge in [0, 0.05) is 6.04 Å². The first-order valence-corrected chi connectivity index (χ1v) is 5.93. The number of hydrogen-bond donors (Lipinski definition) is 1. The fraction of sp³-hybridized carbons (Fsp3) is 0.571. The Kier molecular flexibility index (Phi) is 4.97. The van der Waals surface area contributed by atoms with Crippen LogP contribution in [0.25, 0.3) is 0 Å². The number of rotatable bonds is 5. The summed E-state index contributed by atoms with van der Waals surface area (Å²) in [4.78, 5) is 0. The molecule has 1 rings (SSSR count). The van der Waals surface area contributed by atoms with Crippen molar-refractivity contribution in [1.82, 2.24) is 0 Å². The minimum absolute atomic E-state index is 0.0302. The van der Waals surface area contributed by atoms with E-state index in [0.29, 0.717) is 6.61 Å². The Morgan fingerprint density at radius 3 is 2.24 bits per heavy atom. The first-order chi connectivity index (χ1) is 7.90. The highest BCUT2D eigenvalue weighted by molar-refractivity contribution is 5.27. The summed E-state index contributed by atoms with van der Waals surface area (Å²) in [6, 6.07) is 8.01. The van der Waals surface area contributed by atoms with Crippen molar-refractivity contribution < 1.29 is 9.47 Å². The highest BCUT2D eigenvalue weighted by Gasteiger charge is 2.13. The number of hydrogen-bond acceptors (Lipinski definition) is 3. The summed E-state index contributed by atoms with van der Waals surface area (Å²) in [5, 5.41) is 0. The van der Waals surface area contributed by atoms with Crippen LogP contribution in [0.15, 0.2) is 24.3 Å². The molecular formula is C14H23NO2. The smallest absolute Gasteiger partial charge is 0.118 e. The van der Waals surface area contributed by atoms with Gasteiger partial charge in [-0.05, 0) is 44.9 Å². The third-order valence-corrected chi connectivity index (χ3v) is 2.39. The molecule has 0 saturated carbocycles. The minimum atomic E-state index is -0.127. The van der Waals surface area contributed by atoms with Gasteiger partial charge in [0.05, 0.1) is 19.3 Å². The molecule has 1 aromatic rings. The van der Waals surface area contributed by atoms with E-state index in [0.717, 1.165) is 12.2 Å². The van der Waals surface area contributed by atoms with Crippen LogP contribution in [-0.2, 0) is 11.2 Å². The Labute approximate surface area is 104 Å². The van der Waals surface area contributed by atoms with E-state index in [1.165, 1.54) is 5.56 Å². The predicted molar refractivity (Wildman–Crippen MR) is 70.4 cm³/mol. The third kappa shape index (κ3) is 5.71. The van der Waals surface area contributed by atoms with Gasteiger partial charge in [-0.15, -0.1) is 0 Å². The number of ether oxygens (including phenoxy) is 2. The summed E-state index contributed by atoms with van der Waals surface area (Å²) >= 11 is 0. The van der Waals surface area contributed by atoms with Crippen molar-refractivity contribution in [3.63, 3.8) is 0 Å². The summed E-state index contributed by atoms with van der Waals surface area (Å²) in [7, 11) is 1.66. The second kappa shape index (κ2) is 6.03. The summed E-state index contributed by atoms with van der Waals surface area (Å²) < 4.78 is 10.8. The summed E-state index contributed by atoms with van der Waals surface area (Å²) in [5.74, 6) is 0.869. The van der Waals surface area contributed by atoms with Crippen LogP contribution >= 0.6 is 0 Å². The maximum Gasteiger partial charge on any atom is 0.118 e. The lowest BCUT2D eigenvalue weighted by molar-refractivity contribution is -0.00983. The predicted octanol–water partition coefficient (Wildman–Crippen LogP) is 2.38. The van der Waals surface area contributed by atoms with Crippen LogP contribution in [0.1, 0.15) is 26.3 Å². The first kappa shape index (κ1) is 14.0. The third-order valence-electron chi connectivity index (χ3n) is 2.39. The van der Waals surface area contributed by atoms with Gasteiger partial charge in [-0.1, -0.05) is 12.1 Å². The standard InChI is InChI=1S/C14H23NO2/c1-14(2,3)17-10-12(15)9-11-5-7-13(16-4)8-6-11/h5-8,12H,9-10,15H2,1-4H3. The van der Waals surface area contributed by atoms with E-state index in [-0.39, 0.29) is 11.6 Å². The number of methoxy groups -OCH3 is 1. The number of nitrogens with two attached hydrogens (primary N) is 1. The Hall–Kier alpha value is -1.06. The van der Waals surface area contributed by atoms with Crippen molar-refractivity contribution in [3.8, 4) is 5.75 Å². The van der Waals surface area contributed by atoms with Gasteiger partial charge in [0.1, 0.15) is 5.75 Å². The normalized spacial score (nSPS) is 13.5. The lowest BCUT2D eigenvalue weighted by Gasteiger charge is -2.22. The van der Waals surface area contributed by atoms with Crippen LogP contribution < -0.4 is 10.5 Å². The van der Waals surface area contributed by atoms with Gasteiger partial charge in [0.25, 0.3) is 0 Å². The molecule has 0 aliphatic carbocycles. The van der Waals surface area contributed by atoms with Gasteiger partial charge >= 0.3 is 0 Å². The maximum atomic E-state index is 6.03. The van der Waals surface area contributed by atoms with Crippen LogP contribution in [-0.4, -0.2) is 25.4 Å². The topological polar surface area (TPSA) is 44.5 Å². The molecule has 0 amide bonds. The molecule has 1 aromatic carbocycles. The van der Waals surface area contributed by atoms with Gasteiger partial charge in [-0.25, -0.2) is 0 Å². The highest BCUT2D eigenvalue weighted by atomic mass is 16.5. The van der Waals surface area contributed by atoms with Crippen molar-refractivity contribution in [2.45, 2.75) is 38.8 Å². The van der Waals surface area contributed by atoms with Crippen LogP contribution in [0, 0.1) is 0 Å². The SMILES string of the molecule is COc1ccc(CC(N)COC(C)(C)C)cc1. The molecule has 0 bridgehead atoms. The summed E-state index contributed by atoms with van der Waals surface area (Å²) in [6.07, 6.45) is 0.820. The summed E-state index contributed by atoms with van der Waals surface area (Å²) in [6.45, 7) is 6.68. The van der Waals surface area contributed by atoms with Crippen LogP contribution in [0.5, 0.6) is 5.75 Å². The molecule has 0 fully saturated rings. The van der Waals surface area contributed by atoms with Gasteiger partial charge in [0.15, 0.2) is 0 Å². The van der Waals surface area contributed by atoms with Crippen molar-refractivity contribution in [2.24, 2.45) is 5.73 Å². The second-order valence-electron chi connectivity index (χ2n) is 5.24. The Morgan fingerprint density at radius 2 is 1.76 bits per heavy atom. The van der Waals surface area contributed by atoms with Gasteiger partial charge in [-0.3, -0.25) is 0 Å². The minimum Gasteiger partial charge on any atom is -0.497 e. The summed E-state index contributed by atoms with van der Waals surface area (Å²) in [5.41, 5.74) is 7.10. The maximum absolute atomic E-state index is 6.03. The quantitative estimate of drug-likeness (QED) is 0.855. The van der Waals surface area contributed by atoms with E-state index in [4.69, 9.17) is 15.2 Å². The lowest BCUT2D eigenvalue weighted by atomic mass is 10.1. The molecule has 96 valence electrons. The molecular weight excluding hydrogens is 214 g/mol. The fourth-order valence-electron chi connectivity index (χ4n) is 1.48. The molecule has 0 aromatic heterocycles. The van der Waals surface area contributed by atoms with Crippen LogP contribution in [0.3, 0.4) is 0 Å². The molecule has 3 nitrogen and oxygen atoms in total. The molecule has 17 heavy (non-hydrogen) atoms. The lowest BCUT2D eigenvalue weighted by Crippen LogP contribution is -2.33. The zero-order valence-corrected chi connectivity index (χ0v) is 11.2. The molecule has 0 aliphatic heterocycles.